The summed E-state index contributed by atoms with van der Waals surface area (Å²) in [6, 6.07) is 4.75. The monoisotopic (exact) mass is 275 g/mol. The predicted octanol–water partition coefficient (Wildman–Crippen LogP) is 2.31. The molecule has 0 aromatic heterocycles. The largest absolute Gasteiger partial charge is 0.508 e. The number of rotatable bonds is 3. The van der Waals surface area contributed by atoms with Crippen molar-refractivity contribution >= 4 is 17.6 Å². The van der Waals surface area contributed by atoms with E-state index in [9.17, 15) is 14.7 Å². The van der Waals surface area contributed by atoms with Crippen molar-refractivity contribution < 1.29 is 19.8 Å². The van der Waals surface area contributed by atoms with Crippen LogP contribution in [0.1, 0.15) is 18.4 Å². The fraction of sp³-hybridized carbons (Fsp3) is 0.333. The van der Waals surface area contributed by atoms with Gasteiger partial charge >= 0.3 is 5.97 Å². The van der Waals surface area contributed by atoms with Crippen LogP contribution in [0.2, 0.25) is 0 Å². The minimum atomic E-state index is -0.948. The van der Waals surface area contributed by atoms with Crippen LogP contribution < -0.4 is 5.32 Å². The van der Waals surface area contributed by atoms with E-state index >= 15 is 0 Å². The number of hydrogen-bond donors (Lipinski definition) is 3. The fourth-order valence-corrected chi connectivity index (χ4v) is 2.35. The number of carboxylic acid groups (broad SMARTS) is 1. The van der Waals surface area contributed by atoms with Crippen molar-refractivity contribution in [1.82, 2.24) is 0 Å². The molecule has 1 aliphatic rings. The number of carboxylic acids is 1. The summed E-state index contributed by atoms with van der Waals surface area (Å²) in [5.74, 6) is -2.33. The molecule has 5 nitrogen and oxygen atoms in total. The number of aromatic hydroxyl groups is 1. The highest BCUT2D eigenvalue weighted by Gasteiger charge is 2.33. The van der Waals surface area contributed by atoms with Gasteiger partial charge in [0.05, 0.1) is 11.8 Å². The van der Waals surface area contributed by atoms with E-state index in [0.29, 0.717) is 24.1 Å². The second kappa shape index (κ2) is 5.77. The third kappa shape index (κ3) is 2.99. The van der Waals surface area contributed by atoms with Crippen molar-refractivity contribution in [2.75, 3.05) is 5.32 Å². The van der Waals surface area contributed by atoms with Gasteiger partial charge < -0.3 is 15.5 Å². The molecule has 20 heavy (non-hydrogen) atoms. The number of anilines is 1. The van der Waals surface area contributed by atoms with E-state index in [1.54, 1.807) is 25.1 Å². The molecule has 0 bridgehead atoms. The topological polar surface area (TPSA) is 86.6 Å². The number of phenols is 1. The molecule has 0 aliphatic heterocycles. The summed E-state index contributed by atoms with van der Waals surface area (Å²) >= 11 is 0. The first kappa shape index (κ1) is 14.1. The van der Waals surface area contributed by atoms with Crippen molar-refractivity contribution in [2.24, 2.45) is 11.8 Å². The van der Waals surface area contributed by atoms with Crippen LogP contribution in [0.3, 0.4) is 0 Å². The average molecular weight is 275 g/mol. The van der Waals surface area contributed by atoms with Gasteiger partial charge in [-0.2, -0.15) is 0 Å². The minimum Gasteiger partial charge on any atom is -0.508 e. The molecule has 0 saturated carbocycles. The molecule has 0 heterocycles. The number of aliphatic carboxylic acids is 1. The molecule has 0 unspecified atom stereocenters. The van der Waals surface area contributed by atoms with Gasteiger partial charge in [0.1, 0.15) is 5.75 Å². The van der Waals surface area contributed by atoms with E-state index in [-0.39, 0.29) is 11.7 Å². The first-order chi connectivity index (χ1) is 9.49. The second-order valence-electron chi connectivity index (χ2n) is 4.98. The zero-order valence-corrected chi connectivity index (χ0v) is 11.2. The Kier molecular flexibility index (Phi) is 4.08. The predicted molar refractivity (Wildman–Crippen MR) is 74.5 cm³/mol. The van der Waals surface area contributed by atoms with E-state index in [2.05, 4.69) is 5.32 Å². The summed E-state index contributed by atoms with van der Waals surface area (Å²) in [5, 5.41) is 21.3. The molecular weight excluding hydrogens is 258 g/mol. The third-order valence-corrected chi connectivity index (χ3v) is 3.55. The molecule has 0 radical (unpaired) electrons. The highest BCUT2D eigenvalue weighted by molar-refractivity contribution is 5.95. The van der Waals surface area contributed by atoms with Gasteiger partial charge in [0.2, 0.25) is 5.91 Å². The molecule has 0 saturated heterocycles. The number of carbonyl (C=O) groups excluding carboxylic acids is 1. The number of benzene rings is 1. The van der Waals surface area contributed by atoms with E-state index in [0.717, 1.165) is 0 Å². The molecule has 0 fully saturated rings. The highest BCUT2D eigenvalue weighted by atomic mass is 16.4. The zero-order valence-electron chi connectivity index (χ0n) is 11.2. The lowest BCUT2D eigenvalue weighted by Gasteiger charge is -2.24. The van der Waals surface area contributed by atoms with Crippen LogP contribution in [0.5, 0.6) is 5.75 Å². The molecule has 2 atom stereocenters. The highest BCUT2D eigenvalue weighted by Crippen LogP contribution is 2.28. The summed E-state index contributed by atoms with van der Waals surface area (Å²) in [7, 11) is 0. The van der Waals surface area contributed by atoms with Gasteiger partial charge in [-0.1, -0.05) is 12.2 Å². The van der Waals surface area contributed by atoms with Crippen molar-refractivity contribution in [3.8, 4) is 5.75 Å². The van der Waals surface area contributed by atoms with Crippen LogP contribution in [0, 0.1) is 18.8 Å². The number of hydrogen-bond acceptors (Lipinski definition) is 3. The summed E-state index contributed by atoms with van der Waals surface area (Å²) in [4.78, 5) is 23.4. The fourth-order valence-electron chi connectivity index (χ4n) is 2.35. The average Bonchev–Trinajstić information content (AvgIpc) is 2.43. The van der Waals surface area contributed by atoms with Gasteiger partial charge in [0.15, 0.2) is 0 Å². The summed E-state index contributed by atoms with van der Waals surface area (Å²) in [6.07, 6.45) is 4.45. The van der Waals surface area contributed by atoms with E-state index in [1.165, 1.54) is 6.07 Å². The molecule has 1 aliphatic carbocycles. The number of allylic oxidation sites excluding steroid dienone is 2. The third-order valence-electron chi connectivity index (χ3n) is 3.55. The molecule has 1 aromatic rings. The summed E-state index contributed by atoms with van der Waals surface area (Å²) in [6.45, 7) is 1.73. The Morgan fingerprint density at radius 2 is 1.85 bits per heavy atom. The van der Waals surface area contributed by atoms with E-state index in [4.69, 9.17) is 5.11 Å². The molecule has 0 spiro atoms. The van der Waals surface area contributed by atoms with Gasteiger partial charge in [-0.05, 0) is 43.5 Å². The van der Waals surface area contributed by atoms with Crippen molar-refractivity contribution in [1.29, 1.82) is 0 Å². The Hall–Kier alpha value is -2.30. The van der Waals surface area contributed by atoms with Crippen LogP contribution in [0.4, 0.5) is 5.69 Å². The van der Waals surface area contributed by atoms with E-state index in [1.807, 2.05) is 6.08 Å². The van der Waals surface area contributed by atoms with Gasteiger partial charge in [0.25, 0.3) is 0 Å². The molecule has 3 N–H and O–H groups in total. The van der Waals surface area contributed by atoms with Crippen LogP contribution in [-0.2, 0) is 9.59 Å². The Balaban J connectivity index is 2.12. The summed E-state index contributed by atoms with van der Waals surface area (Å²) < 4.78 is 0. The Labute approximate surface area is 116 Å². The molecule has 5 heteroatoms. The maximum Gasteiger partial charge on any atom is 0.307 e. The second-order valence-corrected chi connectivity index (χ2v) is 4.98. The minimum absolute atomic E-state index is 0.159. The van der Waals surface area contributed by atoms with Crippen LogP contribution in [0.15, 0.2) is 30.4 Å². The smallest absolute Gasteiger partial charge is 0.307 e. The lowest BCUT2D eigenvalue weighted by atomic mass is 9.82. The van der Waals surface area contributed by atoms with Gasteiger partial charge in [0, 0.05) is 5.69 Å². The van der Waals surface area contributed by atoms with Gasteiger partial charge in [-0.25, -0.2) is 0 Å². The quantitative estimate of drug-likeness (QED) is 0.583. The Morgan fingerprint density at radius 1 is 1.20 bits per heavy atom. The number of phenolic OH excluding ortho intramolecular Hbond substituents is 1. The number of aryl methyl sites for hydroxylation is 1. The van der Waals surface area contributed by atoms with E-state index < -0.39 is 17.8 Å². The normalized spacial score (nSPS) is 21.4. The molecular formula is C15H17NO4. The molecule has 2 rings (SSSR count). The number of amides is 1. The van der Waals surface area contributed by atoms with Crippen molar-refractivity contribution in [3.05, 3.63) is 35.9 Å². The maximum absolute atomic E-state index is 12.2. The SMILES string of the molecule is Cc1cc(NC(=O)[C@@H]2CC=CC[C@@H]2C(=O)O)ccc1O. The first-order valence-corrected chi connectivity index (χ1v) is 6.47. The molecule has 1 aromatic carbocycles. The lowest BCUT2D eigenvalue weighted by Crippen LogP contribution is -2.34. The van der Waals surface area contributed by atoms with Crippen molar-refractivity contribution in [2.45, 2.75) is 19.8 Å². The zero-order chi connectivity index (χ0) is 14.7. The lowest BCUT2D eigenvalue weighted by molar-refractivity contribution is -0.146. The van der Waals surface area contributed by atoms with Crippen LogP contribution in [0.25, 0.3) is 0 Å². The Morgan fingerprint density at radius 3 is 2.45 bits per heavy atom. The van der Waals surface area contributed by atoms with Gasteiger partial charge in [-0.15, -0.1) is 0 Å². The number of carbonyl (C=O) groups is 2. The summed E-state index contributed by atoms with van der Waals surface area (Å²) in [5.41, 5.74) is 1.21. The van der Waals surface area contributed by atoms with Crippen LogP contribution >= 0.6 is 0 Å². The Bertz CT molecular complexity index is 565. The maximum atomic E-state index is 12.2. The number of nitrogens with one attached hydrogen (secondary N) is 1. The van der Waals surface area contributed by atoms with Gasteiger partial charge in [-0.3, -0.25) is 9.59 Å². The molecule has 106 valence electrons. The first-order valence-electron chi connectivity index (χ1n) is 6.47. The van der Waals surface area contributed by atoms with Crippen molar-refractivity contribution in [3.63, 3.8) is 0 Å². The van der Waals surface area contributed by atoms with Crippen LogP contribution in [-0.4, -0.2) is 22.1 Å². The standard InChI is InChI=1S/C15H17NO4/c1-9-8-10(6-7-13(9)17)16-14(18)11-4-2-3-5-12(11)15(19)20/h2-3,6-8,11-12,17H,4-5H2,1H3,(H,16,18)(H,19,20)/t11-,12+/m1/s1. The molecule has 1 amide bonds.